The zero-order chi connectivity index (χ0) is 13.7. The Kier molecular flexibility index (Phi) is 13.5. The smallest absolute Gasteiger partial charge is 0.328 e. The number of carboxylic acids is 2. The molecule has 0 spiro atoms. The number of aliphatic carboxylic acids is 2. The summed E-state index contributed by atoms with van der Waals surface area (Å²) in [7, 11) is 0. The van der Waals surface area contributed by atoms with Crippen LogP contribution in [-0.2, 0) is 9.59 Å². The fourth-order valence-corrected chi connectivity index (χ4v) is 1.06. The summed E-state index contributed by atoms with van der Waals surface area (Å²) in [5.41, 5.74) is 0. The normalized spacial score (nSPS) is 11.7. The van der Waals surface area contributed by atoms with Crippen molar-refractivity contribution in [2.45, 2.75) is 39.5 Å². The summed E-state index contributed by atoms with van der Waals surface area (Å²) in [5.74, 6) is -1.95. The maximum absolute atomic E-state index is 9.55. The quantitative estimate of drug-likeness (QED) is 0.596. The molecule has 0 aliphatic rings. The van der Waals surface area contributed by atoms with Crippen LogP contribution in [0, 0.1) is 5.92 Å². The van der Waals surface area contributed by atoms with Gasteiger partial charge >= 0.3 is 11.9 Å². The molecule has 100 valence electrons. The summed E-state index contributed by atoms with van der Waals surface area (Å²) in [6.07, 6.45) is 5.94. The van der Waals surface area contributed by atoms with Crippen molar-refractivity contribution in [3.05, 3.63) is 12.2 Å². The van der Waals surface area contributed by atoms with Crippen LogP contribution in [0.2, 0.25) is 0 Å². The van der Waals surface area contributed by atoms with Gasteiger partial charge in [-0.05, 0) is 12.3 Å². The van der Waals surface area contributed by atoms with Crippen LogP contribution < -0.4 is 0 Å². The van der Waals surface area contributed by atoms with E-state index in [0.29, 0.717) is 24.7 Å². The SMILES string of the molecule is CCCCC(CC)CO.O=C(O)/C=C/C(=O)O. The minimum absolute atomic E-state index is 0.372. The second-order valence-corrected chi connectivity index (χ2v) is 3.61. The van der Waals surface area contributed by atoms with Crippen molar-refractivity contribution in [3.63, 3.8) is 0 Å². The van der Waals surface area contributed by atoms with Gasteiger partial charge in [0.2, 0.25) is 0 Å². The summed E-state index contributed by atoms with van der Waals surface area (Å²) in [6, 6.07) is 0. The zero-order valence-corrected chi connectivity index (χ0v) is 10.4. The minimum atomic E-state index is -1.26. The summed E-state index contributed by atoms with van der Waals surface area (Å²) < 4.78 is 0. The van der Waals surface area contributed by atoms with Gasteiger partial charge in [-0.25, -0.2) is 9.59 Å². The predicted octanol–water partition coefficient (Wildman–Crippen LogP) is 1.91. The van der Waals surface area contributed by atoms with Crippen molar-refractivity contribution in [2.75, 3.05) is 6.61 Å². The van der Waals surface area contributed by atoms with E-state index in [-0.39, 0.29) is 0 Å². The van der Waals surface area contributed by atoms with Crippen molar-refractivity contribution in [2.24, 2.45) is 5.92 Å². The molecule has 0 radical (unpaired) electrons. The molecule has 0 rings (SSSR count). The Hall–Kier alpha value is -1.36. The lowest BCUT2D eigenvalue weighted by molar-refractivity contribution is -0.134. The van der Waals surface area contributed by atoms with Crippen molar-refractivity contribution < 1.29 is 24.9 Å². The lowest BCUT2D eigenvalue weighted by atomic mass is 10.0. The van der Waals surface area contributed by atoms with Gasteiger partial charge in [0.25, 0.3) is 0 Å². The molecule has 3 N–H and O–H groups in total. The first-order chi connectivity index (χ1) is 7.97. The molecule has 0 aliphatic heterocycles. The van der Waals surface area contributed by atoms with E-state index in [1.165, 1.54) is 19.3 Å². The number of rotatable bonds is 7. The number of carbonyl (C=O) groups is 2. The van der Waals surface area contributed by atoms with Crippen LogP contribution in [0.5, 0.6) is 0 Å². The van der Waals surface area contributed by atoms with E-state index in [1.54, 1.807) is 0 Å². The first kappa shape index (κ1) is 18.0. The van der Waals surface area contributed by atoms with Crippen LogP contribution in [-0.4, -0.2) is 33.9 Å². The van der Waals surface area contributed by atoms with Gasteiger partial charge in [0.05, 0.1) is 0 Å². The fraction of sp³-hybridized carbons (Fsp3) is 0.667. The molecule has 0 saturated heterocycles. The molecular weight excluding hydrogens is 224 g/mol. The highest BCUT2D eigenvalue weighted by Crippen LogP contribution is 2.10. The van der Waals surface area contributed by atoms with E-state index in [9.17, 15) is 9.59 Å². The standard InChI is InChI=1S/C8H18O.C4H4O4/c1-3-5-6-8(4-2)7-9;5-3(6)1-2-4(7)8/h8-9H,3-7H2,1-2H3;1-2H,(H,5,6)(H,7,8)/b;2-1+. The average Bonchev–Trinajstić information content (AvgIpc) is 2.29. The first-order valence-electron chi connectivity index (χ1n) is 5.72. The molecule has 0 aliphatic carbocycles. The Morgan fingerprint density at radius 3 is 1.82 bits per heavy atom. The molecule has 17 heavy (non-hydrogen) atoms. The Bertz CT molecular complexity index is 215. The maximum Gasteiger partial charge on any atom is 0.328 e. The van der Waals surface area contributed by atoms with Crippen LogP contribution in [0.3, 0.4) is 0 Å². The molecule has 0 bridgehead atoms. The molecule has 0 heterocycles. The van der Waals surface area contributed by atoms with E-state index >= 15 is 0 Å². The summed E-state index contributed by atoms with van der Waals surface area (Å²) in [4.78, 5) is 19.1. The number of unbranched alkanes of at least 4 members (excludes halogenated alkanes) is 1. The number of hydrogen-bond acceptors (Lipinski definition) is 3. The fourth-order valence-electron chi connectivity index (χ4n) is 1.06. The maximum atomic E-state index is 9.55. The Morgan fingerprint density at radius 1 is 1.12 bits per heavy atom. The van der Waals surface area contributed by atoms with Crippen LogP contribution in [0.25, 0.3) is 0 Å². The van der Waals surface area contributed by atoms with Crippen molar-refractivity contribution >= 4 is 11.9 Å². The zero-order valence-electron chi connectivity index (χ0n) is 10.4. The van der Waals surface area contributed by atoms with Crippen LogP contribution in [0.15, 0.2) is 12.2 Å². The molecule has 0 amide bonds. The highest BCUT2D eigenvalue weighted by molar-refractivity contribution is 5.89. The average molecular weight is 246 g/mol. The van der Waals surface area contributed by atoms with Gasteiger partial charge in [-0.15, -0.1) is 0 Å². The number of carboxylic acid groups (broad SMARTS) is 2. The summed E-state index contributed by atoms with van der Waals surface area (Å²) in [5, 5.41) is 24.4. The van der Waals surface area contributed by atoms with E-state index < -0.39 is 11.9 Å². The lowest BCUT2D eigenvalue weighted by Gasteiger charge is -2.08. The third-order valence-electron chi connectivity index (χ3n) is 2.17. The highest BCUT2D eigenvalue weighted by atomic mass is 16.4. The molecule has 5 nitrogen and oxygen atoms in total. The van der Waals surface area contributed by atoms with E-state index in [1.807, 2.05) is 0 Å². The number of aliphatic hydroxyl groups is 1. The molecule has 0 saturated carbocycles. The second kappa shape index (κ2) is 12.7. The summed E-state index contributed by atoms with van der Waals surface area (Å²) >= 11 is 0. The second-order valence-electron chi connectivity index (χ2n) is 3.61. The van der Waals surface area contributed by atoms with Gasteiger partial charge in [0, 0.05) is 18.8 Å². The molecule has 0 aromatic heterocycles. The Balaban J connectivity index is 0. The number of aliphatic hydroxyl groups excluding tert-OH is 1. The molecule has 1 unspecified atom stereocenters. The minimum Gasteiger partial charge on any atom is -0.478 e. The topological polar surface area (TPSA) is 94.8 Å². The van der Waals surface area contributed by atoms with Crippen molar-refractivity contribution in [1.29, 1.82) is 0 Å². The monoisotopic (exact) mass is 246 g/mol. The molecule has 0 fully saturated rings. The molecule has 0 aromatic carbocycles. The molecule has 5 heteroatoms. The van der Waals surface area contributed by atoms with Crippen LogP contribution in [0.4, 0.5) is 0 Å². The van der Waals surface area contributed by atoms with Gasteiger partial charge in [-0.2, -0.15) is 0 Å². The third kappa shape index (κ3) is 17.3. The Morgan fingerprint density at radius 2 is 1.59 bits per heavy atom. The van der Waals surface area contributed by atoms with Crippen LogP contribution in [0.1, 0.15) is 39.5 Å². The van der Waals surface area contributed by atoms with Gasteiger partial charge < -0.3 is 15.3 Å². The van der Waals surface area contributed by atoms with E-state index in [4.69, 9.17) is 15.3 Å². The third-order valence-corrected chi connectivity index (χ3v) is 2.17. The molecule has 1 atom stereocenters. The summed E-state index contributed by atoms with van der Waals surface area (Å²) in [6.45, 7) is 4.69. The number of hydrogen-bond donors (Lipinski definition) is 3. The van der Waals surface area contributed by atoms with E-state index in [0.717, 1.165) is 6.42 Å². The highest BCUT2D eigenvalue weighted by Gasteiger charge is 2.01. The van der Waals surface area contributed by atoms with Gasteiger partial charge in [-0.3, -0.25) is 0 Å². The largest absolute Gasteiger partial charge is 0.478 e. The molecule has 0 aromatic rings. The Labute approximate surface area is 102 Å². The van der Waals surface area contributed by atoms with Gasteiger partial charge in [-0.1, -0.05) is 33.1 Å². The first-order valence-corrected chi connectivity index (χ1v) is 5.72. The predicted molar refractivity (Wildman–Crippen MR) is 64.8 cm³/mol. The molecular formula is C12H22O5. The van der Waals surface area contributed by atoms with E-state index in [2.05, 4.69) is 13.8 Å². The van der Waals surface area contributed by atoms with Crippen molar-refractivity contribution in [3.8, 4) is 0 Å². The van der Waals surface area contributed by atoms with Crippen molar-refractivity contribution in [1.82, 2.24) is 0 Å². The van der Waals surface area contributed by atoms with Gasteiger partial charge in [0.1, 0.15) is 0 Å². The van der Waals surface area contributed by atoms with Crippen LogP contribution >= 0.6 is 0 Å². The van der Waals surface area contributed by atoms with Gasteiger partial charge in [0.15, 0.2) is 0 Å². The lowest BCUT2D eigenvalue weighted by Crippen LogP contribution is -2.03.